The topological polar surface area (TPSA) is 71.4 Å². The fraction of sp³-hybridized carbons (Fsp3) is 0.355. The fourth-order valence-electron chi connectivity index (χ4n) is 5.72. The number of phenols is 2. The molecule has 0 aromatic heterocycles. The van der Waals surface area contributed by atoms with Gasteiger partial charge in [0, 0.05) is 53.8 Å². The zero-order valence-corrected chi connectivity index (χ0v) is 21.4. The molecule has 0 bridgehead atoms. The highest BCUT2D eigenvalue weighted by molar-refractivity contribution is 5.98. The Labute approximate surface area is 221 Å². The summed E-state index contributed by atoms with van der Waals surface area (Å²) in [6.07, 6.45) is 1.14. The summed E-state index contributed by atoms with van der Waals surface area (Å²) in [6, 6.07) is 18.5. The molecular weight excluding hydrogens is 485 g/mol. The Morgan fingerprint density at radius 3 is 2.47 bits per heavy atom. The molecule has 0 spiro atoms. The number of benzene rings is 3. The average molecular weight is 518 g/mol. The van der Waals surface area contributed by atoms with Crippen molar-refractivity contribution in [3.63, 3.8) is 0 Å². The number of ether oxygens (including phenoxy) is 3. The van der Waals surface area contributed by atoms with E-state index in [0.29, 0.717) is 31.1 Å². The Hall–Kier alpha value is -3.71. The molecule has 38 heavy (non-hydrogen) atoms. The summed E-state index contributed by atoms with van der Waals surface area (Å²) in [5.74, 6) is 2.45. The van der Waals surface area contributed by atoms with Crippen LogP contribution in [0.25, 0.3) is 11.1 Å². The number of hydrogen-bond donors (Lipinski definition) is 2. The molecule has 0 amide bonds. The number of alkyl halides is 1. The lowest BCUT2D eigenvalue weighted by atomic mass is 9.84. The van der Waals surface area contributed by atoms with Gasteiger partial charge in [-0.25, -0.2) is 0 Å². The maximum Gasteiger partial charge on any atom is 0.150 e. The number of likely N-dealkylation sites (tertiary alicyclic amines) is 1. The van der Waals surface area contributed by atoms with Gasteiger partial charge in [0.05, 0.1) is 13.3 Å². The van der Waals surface area contributed by atoms with E-state index in [-0.39, 0.29) is 30.1 Å². The van der Waals surface area contributed by atoms with Crippen molar-refractivity contribution in [1.29, 1.82) is 0 Å². The summed E-state index contributed by atoms with van der Waals surface area (Å²) in [4.78, 5) is 2.29. The van der Waals surface area contributed by atoms with E-state index < -0.39 is 6.10 Å². The molecule has 3 heterocycles. The van der Waals surface area contributed by atoms with Crippen molar-refractivity contribution in [2.75, 3.05) is 33.0 Å². The predicted octanol–water partition coefficient (Wildman–Crippen LogP) is 5.98. The minimum Gasteiger partial charge on any atom is -0.508 e. The van der Waals surface area contributed by atoms with Crippen LogP contribution in [0, 0.1) is 5.92 Å². The number of fused-ring (bicyclic) bond motifs is 4. The van der Waals surface area contributed by atoms with E-state index in [9.17, 15) is 14.6 Å². The van der Waals surface area contributed by atoms with Crippen LogP contribution in [-0.4, -0.2) is 54.1 Å². The summed E-state index contributed by atoms with van der Waals surface area (Å²) in [7, 11) is 0. The highest BCUT2D eigenvalue weighted by atomic mass is 19.1. The molecule has 0 radical (unpaired) electrons. The first-order chi connectivity index (χ1) is 18.5. The Morgan fingerprint density at radius 1 is 1.00 bits per heavy atom. The van der Waals surface area contributed by atoms with Crippen molar-refractivity contribution in [2.24, 2.45) is 5.92 Å². The van der Waals surface area contributed by atoms with Gasteiger partial charge in [-0.2, -0.15) is 0 Å². The van der Waals surface area contributed by atoms with E-state index in [1.165, 1.54) is 0 Å². The maximum atomic E-state index is 13.0. The van der Waals surface area contributed by atoms with Gasteiger partial charge < -0.3 is 24.4 Å². The van der Waals surface area contributed by atoms with Gasteiger partial charge in [0.1, 0.15) is 41.5 Å². The molecule has 198 valence electrons. The van der Waals surface area contributed by atoms with Crippen LogP contribution in [0.1, 0.15) is 42.6 Å². The third-order valence-corrected chi connectivity index (χ3v) is 7.82. The van der Waals surface area contributed by atoms with E-state index >= 15 is 0 Å². The molecule has 3 atom stereocenters. The van der Waals surface area contributed by atoms with Gasteiger partial charge in [-0.1, -0.05) is 12.1 Å². The predicted molar refractivity (Wildman–Crippen MR) is 144 cm³/mol. The smallest absolute Gasteiger partial charge is 0.150 e. The molecule has 3 aliphatic heterocycles. The number of halogens is 1. The van der Waals surface area contributed by atoms with Crippen molar-refractivity contribution in [1.82, 2.24) is 4.90 Å². The molecule has 2 N–H and O–H groups in total. The third kappa shape index (κ3) is 4.67. The van der Waals surface area contributed by atoms with Gasteiger partial charge in [-0.05, 0) is 67.4 Å². The molecule has 6 nitrogen and oxygen atoms in total. The first-order valence-electron chi connectivity index (χ1n) is 13.2. The molecule has 3 aromatic carbocycles. The summed E-state index contributed by atoms with van der Waals surface area (Å²) >= 11 is 0. The number of nitrogens with zero attached hydrogens (tertiary/aromatic N) is 1. The fourth-order valence-corrected chi connectivity index (χ4v) is 5.72. The highest BCUT2D eigenvalue weighted by Gasteiger charge is 2.34. The monoisotopic (exact) mass is 517 g/mol. The Bertz CT molecular complexity index is 1350. The van der Waals surface area contributed by atoms with Crippen molar-refractivity contribution < 1.29 is 28.8 Å². The Morgan fingerprint density at radius 2 is 1.74 bits per heavy atom. The normalized spacial score (nSPS) is 21.4. The molecule has 3 aliphatic rings. The molecule has 0 unspecified atom stereocenters. The van der Waals surface area contributed by atoms with E-state index in [2.05, 4.69) is 11.8 Å². The average Bonchev–Trinajstić information content (AvgIpc) is 3.34. The number of phenolic OH excluding ortho intramolecular Hbond substituents is 2. The van der Waals surface area contributed by atoms with E-state index in [0.717, 1.165) is 53.1 Å². The molecule has 0 aliphatic carbocycles. The van der Waals surface area contributed by atoms with Crippen LogP contribution in [0.4, 0.5) is 4.39 Å². The lowest BCUT2D eigenvalue weighted by Crippen LogP contribution is -2.35. The molecule has 3 aromatic rings. The van der Waals surface area contributed by atoms with Crippen LogP contribution in [-0.2, 0) is 0 Å². The largest absolute Gasteiger partial charge is 0.508 e. The summed E-state index contributed by atoms with van der Waals surface area (Å²) < 4.78 is 31.6. The summed E-state index contributed by atoms with van der Waals surface area (Å²) in [5, 5.41) is 20.2. The van der Waals surface area contributed by atoms with Crippen LogP contribution in [0.15, 0.2) is 60.7 Å². The Kier molecular flexibility index (Phi) is 6.62. The van der Waals surface area contributed by atoms with Crippen molar-refractivity contribution in [3.05, 3.63) is 77.4 Å². The molecule has 6 rings (SSSR count). The van der Waals surface area contributed by atoms with Crippen molar-refractivity contribution >= 4 is 11.1 Å². The van der Waals surface area contributed by atoms with Crippen LogP contribution < -0.4 is 14.2 Å². The first-order valence-corrected chi connectivity index (χ1v) is 13.2. The zero-order chi connectivity index (χ0) is 26.2. The number of hydrogen-bond acceptors (Lipinski definition) is 6. The molecule has 7 heteroatoms. The second-order valence-electron chi connectivity index (χ2n) is 10.4. The van der Waals surface area contributed by atoms with Gasteiger partial charge in [0.2, 0.25) is 0 Å². The number of rotatable bonds is 6. The molecular formula is C31H32FNO5. The summed E-state index contributed by atoms with van der Waals surface area (Å²) in [6.45, 7) is 4.57. The van der Waals surface area contributed by atoms with Crippen LogP contribution >= 0.6 is 0 Å². The van der Waals surface area contributed by atoms with Crippen LogP contribution in [0.5, 0.6) is 28.7 Å². The van der Waals surface area contributed by atoms with Gasteiger partial charge >= 0.3 is 0 Å². The second-order valence-corrected chi connectivity index (χ2v) is 10.4. The first kappa shape index (κ1) is 24.6. The summed E-state index contributed by atoms with van der Waals surface area (Å²) in [5.41, 5.74) is 4.86. The molecule has 1 saturated heterocycles. The van der Waals surface area contributed by atoms with Crippen LogP contribution in [0.2, 0.25) is 0 Å². The van der Waals surface area contributed by atoms with Gasteiger partial charge in [0.15, 0.2) is 0 Å². The maximum absolute atomic E-state index is 13.0. The quantitative estimate of drug-likeness (QED) is 0.419. The lowest BCUT2D eigenvalue weighted by Gasteiger charge is -2.31. The minimum absolute atomic E-state index is 0.141. The lowest BCUT2D eigenvalue weighted by molar-refractivity contribution is 0.165. The third-order valence-electron chi connectivity index (χ3n) is 7.82. The SMILES string of the molecule is C[C@@H](COc1ccc([C@H]2Oc3cc(O)ccc3C3=C2c2ccc(O)cc2OCC3)cc1)N1CC[C@@H](CF)C1. The van der Waals surface area contributed by atoms with Crippen molar-refractivity contribution in [2.45, 2.75) is 31.9 Å². The van der Waals surface area contributed by atoms with E-state index in [1.54, 1.807) is 24.3 Å². The van der Waals surface area contributed by atoms with Gasteiger partial charge in [-0.15, -0.1) is 0 Å². The standard InChI is InChI=1S/C31H32FNO5/c1-19(33-12-10-20(16-32)17-33)18-37-24-6-2-21(3-7-24)31-30-26(25-8-4-23(35)15-29(25)38-31)11-13-36-28-14-22(34)5-9-27(28)30/h2-9,14-15,19-20,31,34-35H,10-13,16-18H2,1H3/t19-,20-,31+/m0/s1. The van der Waals surface area contributed by atoms with Gasteiger partial charge in [-0.3, -0.25) is 9.29 Å². The van der Waals surface area contributed by atoms with Gasteiger partial charge in [0.25, 0.3) is 0 Å². The molecule has 1 fully saturated rings. The van der Waals surface area contributed by atoms with E-state index in [1.807, 2.05) is 36.4 Å². The highest BCUT2D eigenvalue weighted by Crippen LogP contribution is 2.52. The van der Waals surface area contributed by atoms with Crippen molar-refractivity contribution in [3.8, 4) is 28.7 Å². The van der Waals surface area contributed by atoms with E-state index in [4.69, 9.17) is 14.2 Å². The number of aromatic hydroxyl groups is 2. The minimum atomic E-state index is -0.431. The second kappa shape index (κ2) is 10.2. The Balaban J connectivity index is 1.28. The molecule has 0 saturated carbocycles. The zero-order valence-electron chi connectivity index (χ0n) is 21.4. The van der Waals surface area contributed by atoms with Crippen LogP contribution in [0.3, 0.4) is 0 Å².